The predicted molar refractivity (Wildman–Crippen MR) is 76.2 cm³/mol. The van der Waals surface area contributed by atoms with E-state index in [0.717, 1.165) is 5.56 Å². The third-order valence-electron chi connectivity index (χ3n) is 2.89. The number of ether oxygens (including phenoxy) is 1. The van der Waals surface area contributed by atoms with Gasteiger partial charge < -0.3 is 14.7 Å². The van der Waals surface area contributed by atoms with Crippen molar-refractivity contribution in [1.29, 1.82) is 0 Å². The lowest BCUT2D eigenvalue weighted by molar-refractivity contribution is -0.138. The first-order valence-corrected chi connectivity index (χ1v) is 6.60. The number of amides is 1. The highest BCUT2D eigenvalue weighted by atomic mass is 35.5. The van der Waals surface area contributed by atoms with Crippen LogP contribution in [0.15, 0.2) is 18.2 Å². The molecule has 0 aliphatic heterocycles. The van der Waals surface area contributed by atoms with Gasteiger partial charge in [-0.2, -0.15) is 0 Å². The number of likely N-dealkylation sites (N-methyl/N-ethyl adjacent to an activating group) is 1. The zero-order valence-electron chi connectivity index (χ0n) is 11.6. The minimum atomic E-state index is -0.859. The van der Waals surface area contributed by atoms with Crippen LogP contribution < -0.4 is 4.74 Å². The second-order valence-electron chi connectivity index (χ2n) is 4.45. The fourth-order valence-electron chi connectivity index (χ4n) is 1.78. The van der Waals surface area contributed by atoms with Crippen molar-refractivity contribution >= 4 is 23.5 Å². The van der Waals surface area contributed by atoms with E-state index in [0.29, 0.717) is 23.7 Å². The lowest BCUT2D eigenvalue weighted by Crippen LogP contribution is -2.29. The number of halogens is 1. The summed E-state index contributed by atoms with van der Waals surface area (Å²) in [6, 6.07) is 5.11. The third-order valence-corrected chi connectivity index (χ3v) is 3.13. The van der Waals surface area contributed by atoms with Crippen molar-refractivity contribution in [2.75, 3.05) is 20.7 Å². The fourth-order valence-corrected chi connectivity index (χ4v) is 1.97. The minimum absolute atomic E-state index is 0.0537. The van der Waals surface area contributed by atoms with Crippen molar-refractivity contribution in [2.45, 2.75) is 19.3 Å². The summed E-state index contributed by atoms with van der Waals surface area (Å²) < 4.78 is 5.19. The van der Waals surface area contributed by atoms with Gasteiger partial charge in [-0.3, -0.25) is 9.59 Å². The quantitative estimate of drug-likeness (QED) is 0.838. The fraction of sp³-hybridized carbons (Fsp3) is 0.429. The van der Waals surface area contributed by atoms with Gasteiger partial charge in [0.15, 0.2) is 0 Å². The first-order valence-electron chi connectivity index (χ1n) is 6.22. The summed E-state index contributed by atoms with van der Waals surface area (Å²) in [5, 5.41) is 9.11. The molecule has 20 heavy (non-hydrogen) atoms. The molecule has 0 aliphatic carbocycles. The summed E-state index contributed by atoms with van der Waals surface area (Å²) in [5.41, 5.74) is 0.718. The van der Waals surface area contributed by atoms with Crippen LogP contribution in [-0.4, -0.2) is 42.6 Å². The topological polar surface area (TPSA) is 66.8 Å². The number of hydrogen-bond acceptors (Lipinski definition) is 3. The molecule has 6 heteroatoms. The van der Waals surface area contributed by atoms with Gasteiger partial charge in [-0.15, -0.1) is 0 Å². The maximum absolute atomic E-state index is 12.0. The molecule has 0 saturated carbocycles. The van der Waals surface area contributed by atoms with E-state index in [1.54, 1.807) is 25.2 Å². The molecular formula is C14H18ClNO4. The molecule has 0 radical (unpaired) electrons. The Bertz CT molecular complexity index is 490. The Kier molecular flexibility index (Phi) is 6.31. The Morgan fingerprint density at radius 3 is 2.70 bits per heavy atom. The van der Waals surface area contributed by atoms with Gasteiger partial charge in [0.05, 0.1) is 13.5 Å². The molecule has 0 bridgehead atoms. The first kappa shape index (κ1) is 16.3. The number of aliphatic carboxylic acids is 1. The van der Waals surface area contributed by atoms with Crippen LogP contribution in [-0.2, 0) is 16.0 Å². The van der Waals surface area contributed by atoms with Gasteiger partial charge in [0.25, 0.3) is 0 Å². The lowest BCUT2D eigenvalue weighted by Gasteiger charge is -2.17. The van der Waals surface area contributed by atoms with E-state index in [1.807, 2.05) is 0 Å². The average molecular weight is 300 g/mol. The SMILES string of the molecule is COc1ccc(Cl)cc1CC(=O)N(C)CCCC(=O)O. The number of benzene rings is 1. The van der Waals surface area contributed by atoms with Crippen LogP contribution in [0.2, 0.25) is 5.02 Å². The van der Waals surface area contributed by atoms with Gasteiger partial charge >= 0.3 is 5.97 Å². The molecule has 0 saturated heterocycles. The molecule has 0 aliphatic rings. The summed E-state index contributed by atoms with van der Waals surface area (Å²) in [4.78, 5) is 24.0. The average Bonchev–Trinajstić information content (AvgIpc) is 2.38. The molecule has 110 valence electrons. The molecule has 5 nitrogen and oxygen atoms in total. The smallest absolute Gasteiger partial charge is 0.303 e. The van der Waals surface area contributed by atoms with Crippen LogP contribution in [0.1, 0.15) is 18.4 Å². The Hall–Kier alpha value is -1.75. The summed E-state index contributed by atoms with van der Waals surface area (Å²) >= 11 is 5.91. The number of carbonyl (C=O) groups is 2. The van der Waals surface area contributed by atoms with E-state index in [-0.39, 0.29) is 18.7 Å². The van der Waals surface area contributed by atoms with Crippen LogP contribution in [0.5, 0.6) is 5.75 Å². The number of carboxylic acids is 1. The number of methoxy groups -OCH3 is 1. The molecule has 0 heterocycles. The zero-order chi connectivity index (χ0) is 15.1. The minimum Gasteiger partial charge on any atom is -0.496 e. The first-order chi connectivity index (χ1) is 9.43. The van der Waals surface area contributed by atoms with Gasteiger partial charge in [-0.1, -0.05) is 11.6 Å². The highest BCUT2D eigenvalue weighted by Gasteiger charge is 2.13. The summed E-state index contributed by atoms with van der Waals surface area (Å²) in [6.45, 7) is 0.411. The van der Waals surface area contributed by atoms with Crippen molar-refractivity contribution < 1.29 is 19.4 Å². The van der Waals surface area contributed by atoms with E-state index in [9.17, 15) is 9.59 Å². The third kappa shape index (κ3) is 5.09. The van der Waals surface area contributed by atoms with Gasteiger partial charge in [-0.05, 0) is 24.6 Å². The molecule has 1 amide bonds. The summed E-state index contributed by atoms with van der Waals surface area (Å²) in [5.74, 6) is -0.347. The molecule has 0 aromatic heterocycles. The molecule has 1 N–H and O–H groups in total. The zero-order valence-corrected chi connectivity index (χ0v) is 12.3. The van der Waals surface area contributed by atoms with Crippen LogP contribution >= 0.6 is 11.6 Å². The van der Waals surface area contributed by atoms with Gasteiger partial charge in [0, 0.05) is 30.6 Å². The molecule has 0 atom stereocenters. The van der Waals surface area contributed by atoms with Crippen LogP contribution in [0.25, 0.3) is 0 Å². The molecule has 1 rings (SSSR count). The van der Waals surface area contributed by atoms with Gasteiger partial charge in [0.2, 0.25) is 5.91 Å². The maximum Gasteiger partial charge on any atom is 0.303 e. The van der Waals surface area contributed by atoms with E-state index >= 15 is 0 Å². The largest absolute Gasteiger partial charge is 0.496 e. The van der Waals surface area contributed by atoms with Crippen molar-refractivity contribution in [2.24, 2.45) is 0 Å². The van der Waals surface area contributed by atoms with Crippen LogP contribution in [0.4, 0.5) is 0 Å². The summed E-state index contributed by atoms with van der Waals surface area (Å²) in [7, 11) is 3.19. The molecule has 1 aromatic rings. The van der Waals surface area contributed by atoms with Crippen molar-refractivity contribution in [3.05, 3.63) is 28.8 Å². The van der Waals surface area contributed by atoms with Crippen LogP contribution in [0, 0.1) is 0 Å². The van der Waals surface area contributed by atoms with E-state index < -0.39 is 5.97 Å². The number of carboxylic acid groups (broad SMARTS) is 1. The second-order valence-corrected chi connectivity index (χ2v) is 4.88. The molecule has 0 spiro atoms. The number of hydrogen-bond donors (Lipinski definition) is 1. The Morgan fingerprint density at radius 1 is 1.40 bits per heavy atom. The highest BCUT2D eigenvalue weighted by molar-refractivity contribution is 6.30. The number of nitrogens with zero attached hydrogens (tertiary/aromatic N) is 1. The normalized spacial score (nSPS) is 10.2. The Morgan fingerprint density at radius 2 is 2.10 bits per heavy atom. The number of rotatable bonds is 7. The molecule has 0 unspecified atom stereocenters. The lowest BCUT2D eigenvalue weighted by atomic mass is 10.1. The highest BCUT2D eigenvalue weighted by Crippen LogP contribution is 2.23. The van der Waals surface area contributed by atoms with E-state index in [2.05, 4.69) is 0 Å². The Balaban J connectivity index is 2.61. The van der Waals surface area contributed by atoms with E-state index in [4.69, 9.17) is 21.4 Å². The standard InChI is InChI=1S/C14H18ClNO4/c1-16(7-3-4-14(18)19)13(17)9-10-8-11(15)5-6-12(10)20-2/h5-6,8H,3-4,7,9H2,1-2H3,(H,18,19). The van der Waals surface area contributed by atoms with Crippen molar-refractivity contribution in [3.63, 3.8) is 0 Å². The second kappa shape index (κ2) is 7.75. The predicted octanol–water partition coefficient (Wildman–Crippen LogP) is 2.21. The summed E-state index contributed by atoms with van der Waals surface area (Å²) in [6.07, 6.45) is 0.662. The molecular weight excluding hydrogens is 282 g/mol. The molecule has 0 fully saturated rings. The maximum atomic E-state index is 12.0. The van der Waals surface area contributed by atoms with Crippen LogP contribution in [0.3, 0.4) is 0 Å². The monoisotopic (exact) mass is 299 g/mol. The van der Waals surface area contributed by atoms with Crippen molar-refractivity contribution in [1.82, 2.24) is 4.90 Å². The van der Waals surface area contributed by atoms with Crippen molar-refractivity contribution in [3.8, 4) is 5.75 Å². The van der Waals surface area contributed by atoms with E-state index in [1.165, 1.54) is 12.0 Å². The Labute approximate surface area is 123 Å². The molecule has 1 aromatic carbocycles. The number of carbonyl (C=O) groups excluding carboxylic acids is 1. The van der Waals surface area contributed by atoms with Gasteiger partial charge in [0.1, 0.15) is 5.75 Å². The van der Waals surface area contributed by atoms with Gasteiger partial charge in [-0.25, -0.2) is 0 Å².